The van der Waals surface area contributed by atoms with Crippen molar-refractivity contribution in [3.63, 3.8) is 0 Å². The third-order valence-electron chi connectivity index (χ3n) is 7.00. The maximum Gasteiger partial charge on any atom is 0.243 e. The molecule has 0 bridgehead atoms. The van der Waals surface area contributed by atoms with E-state index in [-0.39, 0.29) is 17.1 Å². The van der Waals surface area contributed by atoms with E-state index >= 15 is 0 Å². The number of nitrogens with zero attached hydrogens (tertiary/aromatic N) is 3. The summed E-state index contributed by atoms with van der Waals surface area (Å²) in [5, 5.41) is 2.04. The van der Waals surface area contributed by atoms with Crippen LogP contribution in [-0.2, 0) is 27.7 Å². The van der Waals surface area contributed by atoms with E-state index in [0.29, 0.717) is 37.6 Å². The molecule has 216 valence electrons. The molecule has 0 N–H and O–H groups in total. The van der Waals surface area contributed by atoms with E-state index in [9.17, 15) is 8.42 Å². The number of ether oxygens (including phenoxy) is 3. The van der Waals surface area contributed by atoms with Gasteiger partial charge in [-0.1, -0.05) is 36.4 Å². The van der Waals surface area contributed by atoms with Crippen molar-refractivity contribution in [3.8, 4) is 22.8 Å². The van der Waals surface area contributed by atoms with Crippen molar-refractivity contribution >= 4 is 27.0 Å². The molecule has 1 aliphatic heterocycles. The van der Waals surface area contributed by atoms with Crippen molar-refractivity contribution in [1.82, 2.24) is 8.87 Å². The first-order valence-electron chi connectivity index (χ1n) is 13.5. The number of hydrogen-bond donors (Lipinski definition) is 0. The SMILES string of the molecule is COc1ccc(CCn2c(-c3cccc(S(=O)(=O)N4CC(C)OC(C)C4)c3)csc2=Nc2ccccc2)cc1OC. The largest absolute Gasteiger partial charge is 0.493 e. The van der Waals surface area contributed by atoms with Gasteiger partial charge in [-0.3, -0.25) is 0 Å². The van der Waals surface area contributed by atoms with Gasteiger partial charge < -0.3 is 18.8 Å². The summed E-state index contributed by atoms with van der Waals surface area (Å²) >= 11 is 1.53. The number of hydrogen-bond acceptors (Lipinski definition) is 7. The zero-order valence-corrected chi connectivity index (χ0v) is 25.3. The highest BCUT2D eigenvalue weighted by Gasteiger charge is 2.32. The molecule has 1 aliphatic rings. The molecule has 2 unspecified atom stereocenters. The first kappa shape index (κ1) is 29.1. The number of thiazole rings is 1. The Morgan fingerprint density at radius 2 is 1.66 bits per heavy atom. The lowest BCUT2D eigenvalue weighted by molar-refractivity contribution is -0.0440. The van der Waals surface area contributed by atoms with Gasteiger partial charge in [0.05, 0.1) is 42.7 Å². The Morgan fingerprint density at radius 3 is 2.37 bits per heavy atom. The molecule has 0 aliphatic carbocycles. The van der Waals surface area contributed by atoms with Gasteiger partial charge in [-0.2, -0.15) is 4.31 Å². The van der Waals surface area contributed by atoms with Crippen LogP contribution in [0.4, 0.5) is 5.69 Å². The molecule has 41 heavy (non-hydrogen) atoms. The first-order valence-corrected chi connectivity index (χ1v) is 15.9. The second kappa shape index (κ2) is 12.6. The number of methoxy groups -OCH3 is 2. The standard InChI is InChI=1S/C31H35N3O5S2/c1-22-19-33(20-23(2)39-22)41(35,36)27-12-8-9-25(18-27)28-21-40-31(32-26-10-6-5-7-11-26)34(28)16-15-24-13-14-29(37-3)30(17-24)38-4/h5-14,17-18,21-23H,15-16,19-20H2,1-4H3. The van der Waals surface area contributed by atoms with Gasteiger partial charge >= 0.3 is 0 Å². The Labute approximate surface area is 245 Å². The van der Waals surface area contributed by atoms with Gasteiger partial charge in [0.25, 0.3) is 0 Å². The average Bonchev–Trinajstić information content (AvgIpc) is 3.38. The van der Waals surface area contributed by atoms with Gasteiger partial charge in [0.15, 0.2) is 16.3 Å². The molecule has 3 aromatic carbocycles. The molecule has 0 saturated carbocycles. The lowest BCUT2D eigenvalue weighted by Crippen LogP contribution is -2.48. The quantitative estimate of drug-likeness (QED) is 0.256. The van der Waals surface area contributed by atoms with Crippen LogP contribution in [0.3, 0.4) is 0 Å². The van der Waals surface area contributed by atoms with Gasteiger partial charge in [0.1, 0.15) is 0 Å². The maximum absolute atomic E-state index is 13.6. The van der Waals surface area contributed by atoms with Crippen molar-refractivity contribution in [2.24, 2.45) is 4.99 Å². The Hall–Kier alpha value is -3.44. The topological polar surface area (TPSA) is 82.4 Å². The summed E-state index contributed by atoms with van der Waals surface area (Å²) in [6, 6.07) is 22.9. The zero-order chi connectivity index (χ0) is 29.0. The molecule has 1 fully saturated rings. The Bertz CT molecular complexity index is 1650. The first-order chi connectivity index (χ1) is 19.8. The predicted octanol–water partition coefficient (Wildman–Crippen LogP) is 5.51. The van der Waals surface area contributed by atoms with Crippen molar-refractivity contribution in [3.05, 3.63) is 88.5 Å². The number of rotatable bonds is 9. The number of morpholine rings is 1. The molecule has 0 amide bonds. The molecule has 2 heterocycles. The van der Waals surface area contributed by atoms with E-state index in [2.05, 4.69) is 4.57 Å². The molecule has 2 atom stereocenters. The lowest BCUT2D eigenvalue weighted by Gasteiger charge is -2.34. The van der Waals surface area contributed by atoms with Crippen molar-refractivity contribution in [1.29, 1.82) is 0 Å². The van der Waals surface area contributed by atoms with E-state index in [1.54, 1.807) is 32.4 Å². The second-order valence-electron chi connectivity index (χ2n) is 10.0. The minimum Gasteiger partial charge on any atom is -0.493 e. The van der Waals surface area contributed by atoms with Gasteiger partial charge in [0.2, 0.25) is 10.0 Å². The lowest BCUT2D eigenvalue weighted by atomic mass is 10.1. The van der Waals surface area contributed by atoms with Crippen molar-refractivity contribution < 1.29 is 22.6 Å². The summed E-state index contributed by atoms with van der Waals surface area (Å²) in [4.78, 5) is 6.02. The molecular weight excluding hydrogens is 558 g/mol. The van der Waals surface area contributed by atoms with Gasteiger partial charge in [0, 0.05) is 30.6 Å². The van der Waals surface area contributed by atoms with Crippen molar-refractivity contribution in [2.45, 2.75) is 43.9 Å². The van der Waals surface area contributed by atoms with Crippen LogP contribution in [0.1, 0.15) is 19.4 Å². The summed E-state index contributed by atoms with van der Waals surface area (Å²) in [6.45, 7) is 5.11. The summed E-state index contributed by atoms with van der Waals surface area (Å²) in [5.41, 5.74) is 3.67. The second-order valence-corrected chi connectivity index (χ2v) is 12.8. The highest BCUT2D eigenvalue weighted by molar-refractivity contribution is 7.89. The van der Waals surface area contributed by atoms with Crippen LogP contribution in [0.15, 0.2) is 88.1 Å². The van der Waals surface area contributed by atoms with Gasteiger partial charge in [-0.25, -0.2) is 13.4 Å². The number of sulfonamides is 1. The Kier molecular flexibility index (Phi) is 8.94. The van der Waals surface area contributed by atoms with Crippen LogP contribution in [0, 0.1) is 0 Å². The molecule has 1 aromatic heterocycles. The molecule has 0 spiro atoms. The summed E-state index contributed by atoms with van der Waals surface area (Å²) in [5.74, 6) is 1.36. The fourth-order valence-electron chi connectivity index (χ4n) is 5.05. The summed E-state index contributed by atoms with van der Waals surface area (Å²) in [6.07, 6.45) is 0.400. The summed E-state index contributed by atoms with van der Waals surface area (Å²) in [7, 11) is -0.434. The third-order valence-corrected chi connectivity index (χ3v) is 9.70. The third kappa shape index (κ3) is 6.56. The van der Waals surface area contributed by atoms with Crippen LogP contribution in [0.25, 0.3) is 11.3 Å². The molecule has 4 aromatic rings. The molecule has 8 nitrogen and oxygen atoms in total. The van der Waals surface area contributed by atoms with E-state index in [0.717, 1.165) is 27.3 Å². The fraction of sp³-hybridized carbons (Fsp3) is 0.323. The molecule has 5 rings (SSSR count). The normalized spacial score (nSPS) is 18.4. The average molecular weight is 594 g/mol. The van der Waals surface area contributed by atoms with Gasteiger partial charge in [-0.05, 0) is 62.2 Å². The van der Waals surface area contributed by atoms with Crippen molar-refractivity contribution in [2.75, 3.05) is 27.3 Å². The molecule has 0 radical (unpaired) electrons. The molecule has 1 saturated heterocycles. The Balaban J connectivity index is 1.52. The van der Waals surface area contributed by atoms with E-state index in [1.165, 1.54) is 15.6 Å². The highest BCUT2D eigenvalue weighted by Crippen LogP contribution is 2.29. The highest BCUT2D eigenvalue weighted by atomic mass is 32.2. The predicted molar refractivity (Wildman–Crippen MR) is 161 cm³/mol. The summed E-state index contributed by atoms with van der Waals surface area (Å²) < 4.78 is 47.6. The Morgan fingerprint density at radius 1 is 0.927 bits per heavy atom. The number of para-hydroxylation sites is 1. The maximum atomic E-state index is 13.6. The number of benzene rings is 3. The monoisotopic (exact) mass is 593 g/mol. The minimum absolute atomic E-state index is 0.158. The molecular formula is C31H35N3O5S2. The van der Waals surface area contributed by atoms with E-state index in [4.69, 9.17) is 19.2 Å². The van der Waals surface area contributed by atoms with Crippen LogP contribution in [0.5, 0.6) is 11.5 Å². The van der Waals surface area contributed by atoms with Gasteiger partial charge in [-0.15, -0.1) is 11.3 Å². The van der Waals surface area contributed by atoms with Crippen LogP contribution in [-0.4, -0.2) is 56.8 Å². The number of aryl methyl sites for hydroxylation is 1. The smallest absolute Gasteiger partial charge is 0.243 e. The van der Waals surface area contributed by atoms with Crippen LogP contribution in [0.2, 0.25) is 0 Å². The zero-order valence-electron chi connectivity index (χ0n) is 23.7. The van der Waals surface area contributed by atoms with Crippen LogP contribution < -0.4 is 14.3 Å². The van der Waals surface area contributed by atoms with E-state index < -0.39 is 10.0 Å². The fourth-order valence-corrected chi connectivity index (χ4v) is 7.64. The van der Waals surface area contributed by atoms with Crippen LogP contribution >= 0.6 is 11.3 Å². The molecule has 10 heteroatoms. The minimum atomic E-state index is -3.68. The van der Waals surface area contributed by atoms with E-state index in [1.807, 2.05) is 73.8 Å². The number of aromatic nitrogens is 1.